The molecule has 0 aliphatic carbocycles. The monoisotopic (exact) mass is 314 g/mol. The highest BCUT2D eigenvalue weighted by atomic mass is 16.5. The number of benzene rings is 1. The molecule has 2 unspecified atom stereocenters. The summed E-state index contributed by atoms with van der Waals surface area (Å²) in [6.07, 6.45) is 2.01. The standard InChI is InChI=1S/C17H22N4O2/c1-12-9-21(15-7-5-4-6-8-15)19-16(12)18-17(22)20-10-13(2)23-14(3)11-20/h4-9,13-14H,10-11H2,1-3H3,(H,18,19,22). The topological polar surface area (TPSA) is 59.4 Å². The Kier molecular flexibility index (Phi) is 4.34. The van der Waals surface area contributed by atoms with Crippen LogP contribution in [0.5, 0.6) is 0 Å². The fourth-order valence-electron chi connectivity index (χ4n) is 2.82. The van der Waals surface area contributed by atoms with Crippen LogP contribution in [0.15, 0.2) is 36.5 Å². The second kappa shape index (κ2) is 6.42. The van der Waals surface area contributed by atoms with Crippen LogP contribution in [0.25, 0.3) is 5.69 Å². The molecule has 2 atom stereocenters. The Hall–Kier alpha value is -2.34. The highest BCUT2D eigenvalue weighted by Crippen LogP contribution is 2.17. The predicted molar refractivity (Wildman–Crippen MR) is 88.9 cm³/mol. The molecular formula is C17H22N4O2. The van der Waals surface area contributed by atoms with Crippen molar-refractivity contribution >= 4 is 11.8 Å². The van der Waals surface area contributed by atoms with Crippen molar-refractivity contribution in [2.45, 2.75) is 33.0 Å². The van der Waals surface area contributed by atoms with Gasteiger partial charge in [-0.1, -0.05) is 18.2 Å². The highest BCUT2D eigenvalue weighted by Gasteiger charge is 2.26. The van der Waals surface area contributed by atoms with Gasteiger partial charge in [0, 0.05) is 24.8 Å². The number of anilines is 1. The van der Waals surface area contributed by atoms with Crippen LogP contribution >= 0.6 is 0 Å². The minimum Gasteiger partial charge on any atom is -0.372 e. The number of carbonyl (C=O) groups excluding carboxylic acids is 1. The second-order valence-corrected chi connectivity index (χ2v) is 6.03. The van der Waals surface area contributed by atoms with E-state index in [1.165, 1.54) is 0 Å². The molecule has 1 aromatic heterocycles. The molecule has 23 heavy (non-hydrogen) atoms. The normalized spacial score (nSPS) is 21.3. The number of aromatic nitrogens is 2. The SMILES string of the molecule is Cc1cn(-c2ccccc2)nc1NC(=O)N1CC(C)OC(C)C1. The average Bonchev–Trinajstić information content (AvgIpc) is 2.88. The summed E-state index contributed by atoms with van der Waals surface area (Å²) in [5.41, 5.74) is 1.89. The number of carbonyl (C=O) groups is 1. The van der Waals surface area contributed by atoms with Crippen molar-refractivity contribution in [1.29, 1.82) is 0 Å². The van der Waals surface area contributed by atoms with Gasteiger partial charge in [0.05, 0.1) is 17.9 Å². The molecule has 0 saturated carbocycles. The van der Waals surface area contributed by atoms with Gasteiger partial charge in [0.15, 0.2) is 5.82 Å². The summed E-state index contributed by atoms with van der Waals surface area (Å²) >= 11 is 0. The first kappa shape index (κ1) is 15.6. The van der Waals surface area contributed by atoms with E-state index >= 15 is 0 Å². The first-order valence-electron chi connectivity index (χ1n) is 7.86. The van der Waals surface area contributed by atoms with Crippen molar-refractivity contribution in [1.82, 2.24) is 14.7 Å². The van der Waals surface area contributed by atoms with Crippen molar-refractivity contribution in [2.24, 2.45) is 0 Å². The summed E-state index contributed by atoms with van der Waals surface area (Å²) in [6.45, 7) is 7.08. The molecule has 3 rings (SSSR count). The molecule has 0 bridgehead atoms. The first-order chi connectivity index (χ1) is 11.0. The highest BCUT2D eigenvalue weighted by molar-refractivity contribution is 5.89. The third kappa shape index (κ3) is 3.53. The third-order valence-electron chi connectivity index (χ3n) is 3.85. The Morgan fingerprint density at radius 3 is 2.52 bits per heavy atom. The van der Waals surface area contributed by atoms with E-state index in [1.54, 1.807) is 9.58 Å². The largest absolute Gasteiger partial charge is 0.372 e. The molecule has 6 heteroatoms. The molecule has 1 fully saturated rings. The van der Waals surface area contributed by atoms with Crippen molar-refractivity contribution in [3.8, 4) is 5.69 Å². The van der Waals surface area contributed by atoms with Crippen LogP contribution in [-0.2, 0) is 4.74 Å². The fraction of sp³-hybridized carbons (Fsp3) is 0.412. The number of rotatable bonds is 2. The first-order valence-corrected chi connectivity index (χ1v) is 7.86. The number of morpholine rings is 1. The summed E-state index contributed by atoms with van der Waals surface area (Å²) in [5.74, 6) is 0.589. The summed E-state index contributed by atoms with van der Waals surface area (Å²) in [7, 11) is 0. The summed E-state index contributed by atoms with van der Waals surface area (Å²) in [6, 6.07) is 9.70. The van der Waals surface area contributed by atoms with E-state index in [0.717, 1.165) is 11.3 Å². The van der Waals surface area contributed by atoms with E-state index in [0.29, 0.717) is 18.9 Å². The van der Waals surface area contributed by atoms with Gasteiger partial charge >= 0.3 is 6.03 Å². The average molecular weight is 314 g/mol. The predicted octanol–water partition coefficient (Wildman–Crippen LogP) is 2.82. The zero-order valence-electron chi connectivity index (χ0n) is 13.7. The minimum absolute atomic E-state index is 0.0486. The van der Waals surface area contributed by atoms with Crippen LogP contribution in [0.2, 0.25) is 0 Å². The Labute approximate surface area is 136 Å². The molecule has 0 radical (unpaired) electrons. The lowest BCUT2D eigenvalue weighted by molar-refractivity contribution is -0.0530. The number of hydrogen-bond donors (Lipinski definition) is 1. The van der Waals surface area contributed by atoms with E-state index in [9.17, 15) is 4.79 Å². The molecule has 1 aliphatic rings. The maximum atomic E-state index is 12.5. The molecule has 1 aliphatic heterocycles. The van der Waals surface area contributed by atoms with Gasteiger partial charge in [0.2, 0.25) is 0 Å². The van der Waals surface area contributed by atoms with Gasteiger partial charge in [0.25, 0.3) is 0 Å². The maximum absolute atomic E-state index is 12.5. The zero-order valence-corrected chi connectivity index (χ0v) is 13.7. The smallest absolute Gasteiger partial charge is 0.323 e. The Morgan fingerprint density at radius 1 is 1.22 bits per heavy atom. The van der Waals surface area contributed by atoms with Gasteiger partial charge in [0.1, 0.15) is 0 Å². The van der Waals surface area contributed by atoms with E-state index in [4.69, 9.17) is 4.74 Å². The van der Waals surface area contributed by atoms with Crippen molar-refractivity contribution in [3.05, 3.63) is 42.1 Å². The molecule has 1 saturated heterocycles. The third-order valence-corrected chi connectivity index (χ3v) is 3.85. The van der Waals surface area contributed by atoms with Gasteiger partial charge in [-0.3, -0.25) is 5.32 Å². The van der Waals surface area contributed by atoms with Crippen molar-refractivity contribution in [3.63, 3.8) is 0 Å². The number of urea groups is 1. The summed E-state index contributed by atoms with van der Waals surface area (Å²) in [5, 5.41) is 7.39. The quantitative estimate of drug-likeness (QED) is 0.927. The number of aryl methyl sites for hydroxylation is 1. The number of nitrogens with one attached hydrogen (secondary N) is 1. The molecule has 2 heterocycles. The number of amides is 2. The van der Waals surface area contributed by atoms with Crippen molar-refractivity contribution in [2.75, 3.05) is 18.4 Å². The lowest BCUT2D eigenvalue weighted by Crippen LogP contribution is -2.49. The molecular weight excluding hydrogens is 292 g/mol. The molecule has 1 N–H and O–H groups in total. The van der Waals surface area contributed by atoms with E-state index in [-0.39, 0.29) is 18.2 Å². The fourth-order valence-corrected chi connectivity index (χ4v) is 2.82. The second-order valence-electron chi connectivity index (χ2n) is 6.03. The number of para-hydroxylation sites is 1. The van der Waals surface area contributed by atoms with Crippen molar-refractivity contribution < 1.29 is 9.53 Å². The van der Waals surface area contributed by atoms with Crippen LogP contribution in [0, 0.1) is 6.92 Å². The number of hydrogen-bond acceptors (Lipinski definition) is 3. The Bertz CT molecular complexity index is 673. The van der Waals surface area contributed by atoms with E-state index in [1.807, 2.05) is 57.3 Å². The number of ether oxygens (including phenoxy) is 1. The van der Waals surface area contributed by atoms with Gasteiger partial charge in [-0.05, 0) is 32.9 Å². The van der Waals surface area contributed by atoms with Crippen LogP contribution in [0.3, 0.4) is 0 Å². The zero-order chi connectivity index (χ0) is 16.4. The molecule has 1 aromatic carbocycles. The molecule has 6 nitrogen and oxygen atoms in total. The Morgan fingerprint density at radius 2 is 1.87 bits per heavy atom. The number of nitrogens with zero attached hydrogens (tertiary/aromatic N) is 3. The van der Waals surface area contributed by atoms with Crippen LogP contribution in [0.4, 0.5) is 10.6 Å². The van der Waals surface area contributed by atoms with E-state index in [2.05, 4.69) is 10.4 Å². The van der Waals surface area contributed by atoms with Crippen LogP contribution in [-0.4, -0.2) is 46.0 Å². The van der Waals surface area contributed by atoms with Gasteiger partial charge in [-0.2, -0.15) is 0 Å². The Balaban J connectivity index is 1.73. The maximum Gasteiger partial charge on any atom is 0.323 e. The van der Waals surface area contributed by atoms with Gasteiger partial charge in [-0.25, -0.2) is 9.48 Å². The van der Waals surface area contributed by atoms with Gasteiger partial charge < -0.3 is 9.64 Å². The lowest BCUT2D eigenvalue weighted by atomic mass is 10.2. The van der Waals surface area contributed by atoms with E-state index < -0.39 is 0 Å². The van der Waals surface area contributed by atoms with Gasteiger partial charge in [-0.15, -0.1) is 5.10 Å². The minimum atomic E-state index is -0.131. The lowest BCUT2D eigenvalue weighted by Gasteiger charge is -2.35. The summed E-state index contributed by atoms with van der Waals surface area (Å²) < 4.78 is 7.43. The summed E-state index contributed by atoms with van der Waals surface area (Å²) in [4.78, 5) is 14.2. The molecule has 2 amide bonds. The molecule has 122 valence electrons. The molecule has 2 aromatic rings. The molecule has 0 spiro atoms. The van der Waals surface area contributed by atoms with Crippen LogP contribution < -0.4 is 5.32 Å². The van der Waals surface area contributed by atoms with Crippen LogP contribution in [0.1, 0.15) is 19.4 Å².